The van der Waals surface area contributed by atoms with Crippen LogP contribution in [0, 0.1) is 0 Å². The third-order valence-corrected chi connectivity index (χ3v) is 5.83. The van der Waals surface area contributed by atoms with Gasteiger partial charge in [-0.2, -0.15) is 0 Å². The highest BCUT2D eigenvalue weighted by molar-refractivity contribution is 6.30. The minimum absolute atomic E-state index is 0.298. The van der Waals surface area contributed by atoms with Crippen molar-refractivity contribution >= 4 is 40.8 Å². The van der Waals surface area contributed by atoms with E-state index in [1.165, 1.54) is 0 Å². The van der Waals surface area contributed by atoms with Crippen molar-refractivity contribution in [1.82, 2.24) is 10.2 Å². The Morgan fingerprint density at radius 1 is 1.09 bits per heavy atom. The van der Waals surface area contributed by atoms with Crippen molar-refractivity contribution in [2.45, 2.75) is 26.7 Å². The summed E-state index contributed by atoms with van der Waals surface area (Å²) in [5.74, 6) is 0.829. The summed E-state index contributed by atoms with van der Waals surface area (Å²) in [4.78, 5) is 21.8. The third-order valence-electron chi connectivity index (χ3n) is 5.59. The van der Waals surface area contributed by atoms with Gasteiger partial charge in [-0.3, -0.25) is 0 Å². The molecule has 0 aliphatic carbocycles. The van der Waals surface area contributed by atoms with Crippen molar-refractivity contribution < 1.29 is 4.79 Å². The average molecular weight is 476 g/mol. The van der Waals surface area contributed by atoms with Crippen molar-refractivity contribution in [3.8, 4) is 0 Å². The standard InChI is InChI=1S/C27H30ClN5O/c1-3-14-32(15-4-2)25-13-6-5-12-24(25)31-27(34)30-22-18-29-26-23(11-8-16-33(26)19-22)20-9-7-10-21(28)17-20/h5-13,17-19H,3-4,14-16H2,1-2H3,(H2,30,31,34). The first-order chi connectivity index (χ1) is 16.6. The van der Waals surface area contributed by atoms with Gasteiger partial charge in [0, 0.05) is 36.4 Å². The highest BCUT2D eigenvalue weighted by atomic mass is 35.5. The molecule has 2 aliphatic rings. The predicted molar refractivity (Wildman–Crippen MR) is 142 cm³/mol. The van der Waals surface area contributed by atoms with Crippen molar-refractivity contribution in [3.63, 3.8) is 0 Å². The summed E-state index contributed by atoms with van der Waals surface area (Å²) in [6.45, 7) is 6.89. The number of carbonyl (C=O) groups excluding carboxylic acids is 1. The largest absolute Gasteiger partial charge is 0.370 e. The van der Waals surface area contributed by atoms with E-state index in [-0.39, 0.29) is 6.03 Å². The summed E-state index contributed by atoms with van der Waals surface area (Å²) in [6, 6.07) is 15.4. The van der Waals surface area contributed by atoms with E-state index >= 15 is 0 Å². The fourth-order valence-electron chi connectivity index (χ4n) is 4.17. The monoisotopic (exact) mass is 475 g/mol. The van der Waals surface area contributed by atoms with Gasteiger partial charge in [0.25, 0.3) is 0 Å². The number of para-hydroxylation sites is 2. The Morgan fingerprint density at radius 3 is 2.65 bits per heavy atom. The number of anilines is 2. The van der Waals surface area contributed by atoms with Crippen molar-refractivity contribution in [2.24, 2.45) is 4.99 Å². The zero-order valence-electron chi connectivity index (χ0n) is 19.6. The predicted octanol–water partition coefficient (Wildman–Crippen LogP) is 6.25. The second-order valence-electron chi connectivity index (χ2n) is 8.23. The van der Waals surface area contributed by atoms with Crippen molar-refractivity contribution in [3.05, 3.63) is 89.0 Å². The van der Waals surface area contributed by atoms with Gasteiger partial charge in [0.15, 0.2) is 0 Å². The zero-order valence-corrected chi connectivity index (χ0v) is 20.3. The summed E-state index contributed by atoms with van der Waals surface area (Å²) in [6.07, 6.45) is 9.80. The van der Waals surface area contributed by atoms with Gasteiger partial charge in [-0.15, -0.1) is 0 Å². The van der Waals surface area contributed by atoms with Crippen LogP contribution in [-0.2, 0) is 0 Å². The molecule has 2 aliphatic heterocycles. The van der Waals surface area contributed by atoms with Crippen molar-refractivity contribution in [1.29, 1.82) is 0 Å². The number of rotatable bonds is 8. The van der Waals surface area contributed by atoms with E-state index in [0.29, 0.717) is 17.3 Å². The number of allylic oxidation sites excluding steroid dienone is 3. The molecule has 0 spiro atoms. The van der Waals surface area contributed by atoms with Crippen LogP contribution in [0.1, 0.15) is 32.3 Å². The van der Waals surface area contributed by atoms with Crippen LogP contribution in [-0.4, -0.2) is 36.8 Å². The topological polar surface area (TPSA) is 60.0 Å². The van der Waals surface area contributed by atoms with E-state index in [4.69, 9.17) is 11.6 Å². The van der Waals surface area contributed by atoms with Crippen LogP contribution in [0.15, 0.2) is 83.4 Å². The van der Waals surface area contributed by atoms with E-state index in [2.05, 4.69) is 52.6 Å². The second-order valence-corrected chi connectivity index (χ2v) is 8.66. The maximum absolute atomic E-state index is 12.9. The molecule has 0 bridgehead atoms. The zero-order chi connectivity index (χ0) is 23.9. The Bertz CT molecular complexity index is 1160. The van der Waals surface area contributed by atoms with Gasteiger partial charge in [-0.1, -0.05) is 61.9 Å². The van der Waals surface area contributed by atoms with Crippen molar-refractivity contribution in [2.75, 3.05) is 29.9 Å². The minimum atomic E-state index is -0.298. The quantitative estimate of drug-likeness (QED) is 0.474. The molecule has 176 valence electrons. The second kappa shape index (κ2) is 11.1. The lowest BCUT2D eigenvalue weighted by molar-refractivity contribution is 0.254. The molecular formula is C27H30ClN5O. The number of fused-ring (bicyclic) bond motifs is 1. The van der Waals surface area contributed by atoms with E-state index in [9.17, 15) is 4.79 Å². The van der Waals surface area contributed by atoms with Crippen LogP contribution in [0.3, 0.4) is 0 Å². The van der Waals surface area contributed by atoms with E-state index in [1.54, 1.807) is 6.21 Å². The number of halogens is 1. The molecule has 0 saturated heterocycles. The Kier molecular flexibility index (Phi) is 7.70. The summed E-state index contributed by atoms with van der Waals surface area (Å²) in [5, 5.41) is 6.63. The van der Waals surface area contributed by atoms with E-state index in [1.807, 2.05) is 53.6 Å². The molecule has 0 atom stereocenters. The Hall–Kier alpha value is -3.51. The number of hydrogen-bond acceptors (Lipinski definition) is 4. The number of carbonyl (C=O) groups is 1. The Balaban J connectivity index is 1.48. The van der Waals surface area contributed by atoms with Crippen LogP contribution in [0.4, 0.5) is 16.2 Å². The molecule has 2 aromatic carbocycles. The third kappa shape index (κ3) is 5.51. The fraction of sp³-hybridized carbons (Fsp3) is 0.259. The average Bonchev–Trinajstić information content (AvgIpc) is 2.84. The summed E-state index contributed by atoms with van der Waals surface area (Å²) >= 11 is 6.18. The number of benzene rings is 2. The molecular weight excluding hydrogens is 446 g/mol. The molecule has 6 nitrogen and oxygen atoms in total. The maximum atomic E-state index is 12.9. The number of urea groups is 1. The number of nitrogens with zero attached hydrogens (tertiary/aromatic N) is 3. The molecule has 34 heavy (non-hydrogen) atoms. The first-order valence-corrected chi connectivity index (χ1v) is 12.1. The minimum Gasteiger partial charge on any atom is -0.370 e. The molecule has 0 unspecified atom stereocenters. The summed E-state index contributed by atoms with van der Waals surface area (Å²) in [5.41, 5.74) is 4.44. The highest BCUT2D eigenvalue weighted by Crippen LogP contribution is 2.30. The molecule has 2 N–H and O–H groups in total. The number of amides is 2. The van der Waals surface area contributed by atoms with Crippen LogP contribution >= 0.6 is 11.6 Å². The van der Waals surface area contributed by atoms with E-state index < -0.39 is 0 Å². The highest BCUT2D eigenvalue weighted by Gasteiger charge is 2.20. The Morgan fingerprint density at radius 2 is 1.88 bits per heavy atom. The van der Waals surface area contributed by atoms with Crippen LogP contribution < -0.4 is 15.5 Å². The molecule has 4 rings (SSSR count). The molecule has 2 heterocycles. The lowest BCUT2D eigenvalue weighted by atomic mass is 10.0. The number of nitrogens with one attached hydrogen (secondary N) is 2. The molecule has 2 aromatic rings. The lowest BCUT2D eigenvalue weighted by Gasteiger charge is -2.29. The van der Waals surface area contributed by atoms with Gasteiger partial charge in [-0.05, 0) is 42.7 Å². The molecule has 2 amide bonds. The van der Waals surface area contributed by atoms with Gasteiger partial charge in [0.2, 0.25) is 0 Å². The first kappa shape index (κ1) is 23.6. The van der Waals surface area contributed by atoms with Crippen LogP contribution in [0.2, 0.25) is 5.02 Å². The van der Waals surface area contributed by atoms with Gasteiger partial charge >= 0.3 is 6.03 Å². The molecule has 0 saturated carbocycles. The van der Waals surface area contributed by atoms with Crippen LogP contribution in [0.25, 0.3) is 5.57 Å². The molecule has 7 heteroatoms. The number of hydrogen-bond donors (Lipinski definition) is 2. The molecule has 0 radical (unpaired) electrons. The summed E-state index contributed by atoms with van der Waals surface area (Å²) < 4.78 is 0. The van der Waals surface area contributed by atoms with Gasteiger partial charge in [-0.25, -0.2) is 9.79 Å². The maximum Gasteiger partial charge on any atom is 0.323 e. The SMILES string of the molecule is CCCN(CCC)c1ccccc1NC(=O)NC1=CN2CC=CC(c3cccc(Cl)c3)=C2N=C1. The molecule has 0 fully saturated rings. The van der Waals surface area contributed by atoms with E-state index in [0.717, 1.165) is 54.3 Å². The van der Waals surface area contributed by atoms with Gasteiger partial charge < -0.3 is 20.4 Å². The Labute approximate surface area is 206 Å². The van der Waals surface area contributed by atoms with Gasteiger partial charge in [0.05, 0.1) is 23.3 Å². The lowest BCUT2D eigenvalue weighted by Crippen LogP contribution is -2.34. The normalized spacial score (nSPS) is 14.6. The molecule has 0 aromatic heterocycles. The number of aliphatic imine (C=N–C) groups is 1. The smallest absolute Gasteiger partial charge is 0.323 e. The van der Waals surface area contributed by atoms with Gasteiger partial charge in [0.1, 0.15) is 5.82 Å². The first-order valence-electron chi connectivity index (χ1n) is 11.7. The van der Waals surface area contributed by atoms with Crippen LogP contribution in [0.5, 0.6) is 0 Å². The fourth-order valence-corrected chi connectivity index (χ4v) is 4.36. The summed E-state index contributed by atoms with van der Waals surface area (Å²) in [7, 11) is 0.